The van der Waals surface area contributed by atoms with Crippen LogP contribution in [0.4, 0.5) is 5.69 Å². The van der Waals surface area contributed by atoms with Crippen LogP contribution in [0.2, 0.25) is 0 Å². The number of aromatic nitrogens is 1. The molecule has 1 N–H and O–H groups in total. The number of nitrogens with zero attached hydrogens (tertiary/aromatic N) is 1. The second-order valence-electron chi connectivity index (χ2n) is 3.52. The molecule has 2 aromatic rings. The van der Waals surface area contributed by atoms with Gasteiger partial charge in [-0.25, -0.2) is 0 Å². The van der Waals surface area contributed by atoms with Crippen LogP contribution in [-0.2, 0) is 5.88 Å². The number of hydrogen-bond donors (Lipinski definition) is 1. The van der Waals surface area contributed by atoms with Crippen LogP contribution in [0.15, 0.2) is 48.8 Å². The van der Waals surface area contributed by atoms with Crippen molar-refractivity contribution < 1.29 is 4.79 Å². The van der Waals surface area contributed by atoms with Gasteiger partial charge in [-0.3, -0.25) is 9.78 Å². The van der Waals surface area contributed by atoms with Crippen LogP contribution in [0.5, 0.6) is 0 Å². The Labute approximate surface area is 117 Å². The molecular formula is C13H12Cl2N2O. The predicted molar refractivity (Wildman–Crippen MR) is 75.4 cm³/mol. The van der Waals surface area contributed by atoms with Gasteiger partial charge in [0.05, 0.1) is 0 Å². The Morgan fingerprint density at radius 3 is 2.28 bits per heavy atom. The van der Waals surface area contributed by atoms with Crippen molar-refractivity contribution in [2.45, 2.75) is 5.88 Å². The number of pyridine rings is 1. The minimum Gasteiger partial charge on any atom is -0.322 e. The van der Waals surface area contributed by atoms with Gasteiger partial charge in [-0.2, -0.15) is 0 Å². The molecule has 0 atom stereocenters. The van der Waals surface area contributed by atoms with Gasteiger partial charge < -0.3 is 5.32 Å². The van der Waals surface area contributed by atoms with Crippen LogP contribution in [0.3, 0.4) is 0 Å². The molecule has 18 heavy (non-hydrogen) atoms. The van der Waals surface area contributed by atoms with Gasteiger partial charge in [-0.15, -0.1) is 24.0 Å². The first-order valence-corrected chi connectivity index (χ1v) is 5.69. The van der Waals surface area contributed by atoms with Crippen LogP contribution in [0, 0.1) is 0 Å². The van der Waals surface area contributed by atoms with Crippen LogP contribution in [0.25, 0.3) is 0 Å². The summed E-state index contributed by atoms with van der Waals surface area (Å²) in [5, 5.41) is 2.78. The molecule has 0 spiro atoms. The SMILES string of the molecule is Cl.O=C(Nc1ccncc1)c1ccc(CCl)cc1. The van der Waals surface area contributed by atoms with Crippen LogP contribution in [0.1, 0.15) is 15.9 Å². The molecule has 1 heterocycles. The fourth-order valence-electron chi connectivity index (χ4n) is 1.38. The molecule has 2 rings (SSSR count). The summed E-state index contributed by atoms with van der Waals surface area (Å²) in [5.41, 5.74) is 2.33. The zero-order valence-corrected chi connectivity index (χ0v) is 11.0. The van der Waals surface area contributed by atoms with Crippen molar-refractivity contribution in [2.75, 3.05) is 5.32 Å². The predicted octanol–water partition coefficient (Wildman–Crippen LogP) is 3.49. The fraction of sp³-hybridized carbons (Fsp3) is 0.0769. The highest BCUT2D eigenvalue weighted by atomic mass is 35.5. The standard InChI is InChI=1S/C13H11ClN2O.ClH/c14-9-10-1-3-11(4-2-10)13(17)16-12-5-7-15-8-6-12;/h1-8H,9H2,(H,15,16,17);1H. The van der Waals surface area contributed by atoms with Gasteiger partial charge in [-0.05, 0) is 29.8 Å². The molecule has 0 saturated heterocycles. The number of anilines is 1. The molecule has 94 valence electrons. The highest BCUT2D eigenvalue weighted by Gasteiger charge is 2.05. The number of amides is 1. The topological polar surface area (TPSA) is 42.0 Å². The first-order valence-electron chi connectivity index (χ1n) is 5.16. The lowest BCUT2D eigenvalue weighted by Gasteiger charge is -2.05. The van der Waals surface area contributed by atoms with E-state index >= 15 is 0 Å². The Hall–Kier alpha value is -1.58. The van der Waals surface area contributed by atoms with E-state index in [4.69, 9.17) is 11.6 Å². The van der Waals surface area contributed by atoms with Crippen LogP contribution in [-0.4, -0.2) is 10.9 Å². The third-order valence-electron chi connectivity index (χ3n) is 2.31. The van der Waals surface area contributed by atoms with Gasteiger partial charge in [-0.1, -0.05) is 12.1 Å². The summed E-state index contributed by atoms with van der Waals surface area (Å²) in [4.78, 5) is 15.7. The maximum atomic E-state index is 11.8. The van der Waals surface area contributed by atoms with E-state index < -0.39 is 0 Å². The lowest BCUT2D eigenvalue weighted by atomic mass is 10.1. The first-order chi connectivity index (χ1) is 8.29. The zero-order valence-electron chi connectivity index (χ0n) is 9.47. The normalized spacial score (nSPS) is 9.39. The Bertz CT molecular complexity index is 500. The maximum absolute atomic E-state index is 11.8. The van der Waals surface area contributed by atoms with Crippen molar-refractivity contribution in [3.05, 3.63) is 59.9 Å². The molecule has 0 saturated carbocycles. The van der Waals surface area contributed by atoms with Crippen LogP contribution >= 0.6 is 24.0 Å². The quantitative estimate of drug-likeness (QED) is 0.876. The van der Waals surface area contributed by atoms with E-state index in [2.05, 4.69) is 10.3 Å². The summed E-state index contributed by atoms with van der Waals surface area (Å²) >= 11 is 5.68. The summed E-state index contributed by atoms with van der Waals surface area (Å²) in [7, 11) is 0. The summed E-state index contributed by atoms with van der Waals surface area (Å²) in [6, 6.07) is 10.7. The van der Waals surface area contributed by atoms with Crippen molar-refractivity contribution in [1.82, 2.24) is 4.98 Å². The van der Waals surface area contributed by atoms with Gasteiger partial charge >= 0.3 is 0 Å². The van der Waals surface area contributed by atoms with Crippen LogP contribution < -0.4 is 5.32 Å². The summed E-state index contributed by atoms with van der Waals surface area (Å²) < 4.78 is 0. The van der Waals surface area contributed by atoms with E-state index in [1.165, 1.54) is 0 Å². The largest absolute Gasteiger partial charge is 0.322 e. The van der Waals surface area contributed by atoms with E-state index in [9.17, 15) is 4.79 Å². The van der Waals surface area contributed by atoms with E-state index in [1.807, 2.05) is 12.1 Å². The average molecular weight is 283 g/mol. The molecule has 0 aliphatic carbocycles. The molecule has 0 radical (unpaired) electrons. The molecule has 0 unspecified atom stereocenters. The highest BCUT2D eigenvalue weighted by Crippen LogP contribution is 2.10. The lowest BCUT2D eigenvalue weighted by molar-refractivity contribution is 0.102. The number of hydrogen-bond acceptors (Lipinski definition) is 2. The fourth-order valence-corrected chi connectivity index (χ4v) is 1.56. The van der Waals surface area contributed by atoms with E-state index in [0.717, 1.165) is 11.3 Å². The number of nitrogens with one attached hydrogen (secondary N) is 1. The number of carbonyl (C=O) groups excluding carboxylic acids is 1. The second kappa shape index (κ2) is 6.99. The highest BCUT2D eigenvalue weighted by molar-refractivity contribution is 6.17. The molecule has 0 fully saturated rings. The molecule has 0 aliphatic rings. The van der Waals surface area contributed by atoms with Gasteiger partial charge in [0.2, 0.25) is 0 Å². The van der Waals surface area contributed by atoms with Crippen molar-refractivity contribution in [3.8, 4) is 0 Å². The Morgan fingerprint density at radius 1 is 1.11 bits per heavy atom. The average Bonchev–Trinajstić information content (AvgIpc) is 2.40. The maximum Gasteiger partial charge on any atom is 0.255 e. The second-order valence-corrected chi connectivity index (χ2v) is 3.79. The molecule has 5 heteroatoms. The Kier molecular flexibility index (Phi) is 5.62. The van der Waals surface area contributed by atoms with Gasteiger partial charge in [0.25, 0.3) is 5.91 Å². The van der Waals surface area contributed by atoms with Crippen molar-refractivity contribution in [1.29, 1.82) is 0 Å². The minimum atomic E-state index is -0.141. The lowest BCUT2D eigenvalue weighted by Crippen LogP contribution is -2.11. The Morgan fingerprint density at radius 2 is 1.72 bits per heavy atom. The van der Waals surface area contributed by atoms with E-state index in [-0.39, 0.29) is 18.3 Å². The molecule has 1 aromatic heterocycles. The van der Waals surface area contributed by atoms with Crippen molar-refractivity contribution >= 4 is 35.6 Å². The number of carbonyl (C=O) groups is 1. The molecular weight excluding hydrogens is 271 g/mol. The summed E-state index contributed by atoms with van der Waals surface area (Å²) in [5.74, 6) is 0.309. The molecule has 1 amide bonds. The minimum absolute atomic E-state index is 0. The Balaban J connectivity index is 0.00000162. The van der Waals surface area contributed by atoms with Crippen molar-refractivity contribution in [2.24, 2.45) is 0 Å². The molecule has 3 nitrogen and oxygen atoms in total. The number of benzene rings is 1. The monoisotopic (exact) mass is 282 g/mol. The smallest absolute Gasteiger partial charge is 0.255 e. The third kappa shape index (κ3) is 3.72. The van der Waals surface area contributed by atoms with E-state index in [0.29, 0.717) is 11.4 Å². The van der Waals surface area contributed by atoms with Crippen molar-refractivity contribution in [3.63, 3.8) is 0 Å². The molecule has 0 bridgehead atoms. The van der Waals surface area contributed by atoms with Gasteiger partial charge in [0, 0.05) is 29.5 Å². The van der Waals surface area contributed by atoms with Gasteiger partial charge in [0.1, 0.15) is 0 Å². The molecule has 0 aliphatic heterocycles. The zero-order chi connectivity index (χ0) is 12.1. The number of alkyl halides is 1. The first kappa shape index (κ1) is 14.5. The summed E-state index contributed by atoms with van der Waals surface area (Å²) in [6.07, 6.45) is 3.26. The molecule has 1 aromatic carbocycles. The summed E-state index contributed by atoms with van der Waals surface area (Å²) in [6.45, 7) is 0. The third-order valence-corrected chi connectivity index (χ3v) is 2.62. The number of rotatable bonds is 3. The van der Waals surface area contributed by atoms with E-state index in [1.54, 1.807) is 36.7 Å². The number of halogens is 2. The van der Waals surface area contributed by atoms with Gasteiger partial charge in [0.15, 0.2) is 0 Å².